The molecule has 2 aromatic heterocycles. The molecule has 244 valence electrons. The number of allylic oxidation sites excluding steroid dienone is 1. The number of rotatable bonds is 11. The quantitative estimate of drug-likeness (QED) is 0.222. The summed E-state index contributed by atoms with van der Waals surface area (Å²) in [7, 11) is 0. The maximum absolute atomic E-state index is 12.5. The molecule has 1 saturated heterocycles. The molecule has 2 N–H and O–H groups in total. The number of aromatic nitrogens is 4. The van der Waals surface area contributed by atoms with Gasteiger partial charge in [0.05, 0.1) is 11.4 Å². The number of ketones is 2. The van der Waals surface area contributed by atoms with Crippen LogP contribution in [0.5, 0.6) is 11.5 Å². The van der Waals surface area contributed by atoms with E-state index in [2.05, 4.69) is 21.4 Å². The summed E-state index contributed by atoms with van der Waals surface area (Å²) in [6.45, 7) is 8.28. The molecular formula is C36H41N7O4. The molecule has 0 atom stereocenters. The number of piperazine rings is 1. The van der Waals surface area contributed by atoms with Crippen LogP contribution in [0, 0.1) is 0 Å². The van der Waals surface area contributed by atoms with Crippen molar-refractivity contribution in [2.45, 2.75) is 64.0 Å². The third-order valence-electron chi connectivity index (χ3n) is 9.30. The van der Waals surface area contributed by atoms with E-state index in [1.165, 1.54) is 19.3 Å². The highest BCUT2D eigenvalue weighted by atomic mass is 16.5. The van der Waals surface area contributed by atoms with Gasteiger partial charge in [-0.15, -0.1) is 0 Å². The third kappa shape index (κ3) is 7.25. The summed E-state index contributed by atoms with van der Waals surface area (Å²) in [5.41, 5.74) is 9.33. The van der Waals surface area contributed by atoms with E-state index in [1.807, 2.05) is 58.1 Å². The first-order valence-corrected chi connectivity index (χ1v) is 16.3. The van der Waals surface area contributed by atoms with E-state index >= 15 is 0 Å². The Kier molecular flexibility index (Phi) is 9.72. The van der Waals surface area contributed by atoms with Crippen molar-refractivity contribution in [2.24, 2.45) is 0 Å². The van der Waals surface area contributed by atoms with E-state index in [0.717, 1.165) is 49.9 Å². The summed E-state index contributed by atoms with van der Waals surface area (Å²) in [4.78, 5) is 49.6. The standard InChI is InChI=1S/C36H41N7O4/c1-3-29(45)22-26-21-25(10-15-31(26)47-30-7-5-4-6-8-30)34-33-35(37)38-23-39-36(33)43(40-34)28-13-11-27(12-14-28)41-17-19-42(20-18-41)32(46)16-9-24(2)44/h3-8,10,15,21,23,27-28H,1,9,11-14,16-20,22H2,2H3,(H2,37,38,39). The predicted octanol–water partition coefficient (Wildman–Crippen LogP) is 5.16. The summed E-state index contributed by atoms with van der Waals surface area (Å²) < 4.78 is 8.16. The Balaban J connectivity index is 1.20. The normalized spacial score (nSPS) is 18.6. The second kappa shape index (κ2) is 14.3. The number of hydrogen-bond donors (Lipinski definition) is 1. The number of nitrogen functional groups attached to an aromatic ring is 1. The number of ether oxygens (including phenoxy) is 1. The molecule has 1 saturated carbocycles. The maximum Gasteiger partial charge on any atom is 0.223 e. The molecule has 4 aromatic rings. The first kappa shape index (κ1) is 32.1. The van der Waals surface area contributed by atoms with Crippen molar-refractivity contribution in [3.63, 3.8) is 0 Å². The fourth-order valence-corrected chi connectivity index (χ4v) is 6.74. The van der Waals surface area contributed by atoms with Gasteiger partial charge in [-0.25, -0.2) is 14.6 Å². The molecule has 0 radical (unpaired) electrons. The minimum Gasteiger partial charge on any atom is -0.457 e. The molecule has 3 heterocycles. The van der Waals surface area contributed by atoms with Crippen molar-refractivity contribution in [3.05, 3.63) is 73.1 Å². The Hall–Kier alpha value is -4.90. The molecule has 11 heteroatoms. The van der Waals surface area contributed by atoms with Crippen LogP contribution in [-0.2, 0) is 20.8 Å². The highest BCUT2D eigenvalue weighted by molar-refractivity contribution is 5.99. The number of fused-ring (bicyclic) bond motifs is 1. The highest BCUT2D eigenvalue weighted by Crippen LogP contribution is 2.38. The van der Waals surface area contributed by atoms with Gasteiger partial charge in [0.25, 0.3) is 0 Å². The molecule has 1 amide bonds. The van der Waals surface area contributed by atoms with Gasteiger partial charge in [-0.1, -0.05) is 24.8 Å². The smallest absolute Gasteiger partial charge is 0.223 e. The summed E-state index contributed by atoms with van der Waals surface area (Å²) in [5.74, 6) is 1.63. The van der Waals surface area contributed by atoms with Crippen molar-refractivity contribution < 1.29 is 19.1 Å². The van der Waals surface area contributed by atoms with Gasteiger partial charge < -0.3 is 20.2 Å². The van der Waals surface area contributed by atoms with Crippen molar-refractivity contribution in [3.8, 4) is 22.8 Å². The van der Waals surface area contributed by atoms with Crippen LogP contribution >= 0.6 is 0 Å². The van der Waals surface area contributed by atoms with Gasteiger partial charge in [-0.3, -0.25) is 14.5 Å². The lowest BCUT2D eigenvalue weighted by molar-refractivity contribution is -0.135. The molecular weight excluding hydrogens is 594 g/mol. The van der Waals surface area contributed by atoms with Crippen LogP contribution in [0.25, 0.3) is 22.3 Å². The number of anilines is 1. The van der Waals surface area contributed by atoms with Crippen molar-refractivity contribution >= 4 is 34.3 Å². The Morgan fingerprint density at radius 2 is 1.68 bits per heavy atom. The SMILES string of the molecule is C=CC(=O)Cc1cc(-c2nn(C3CCC(N4CCN(C(=O)CCC(C)=O)CC4)CC3)c3ncnc(N)c23)ccc1Oc1ccccc1. The third-order valence-corrected chi connectivity index (χ3v) is 9.30. The van der Waals surface area contributed by atoms with Crippen molar-refractivity contribution in [2.75, 3.05) is 31.9 Å². The number of nitrogens with two attached hydrogens (primary N) is 1. The molecule has 2 aromatic carbocycles. The number of Topliss-reactive ketones (excluding diaryl/α,β-unsaturated/α-hetero) is 1. The van der Waals surface area contributed by atoms with E-state index in [4.69, 9.17) is 15.6 Å². The second-order valence-electron chi connectivity index (χ2n) is 12.4. The van der Waals surface area contributed by atoms with Crippen LogP contribution in [0.4, 0.5) is 5.82 Å². The monoisotopic (exact) mass is 635 g/mol. The number of benzene rings is 2. The first-order valence-electron chi connectivity index (χ1n) is 16.3. The first-order chi connectivity index (χ1) is 22.8. The number of nitrogens with zero attached hydrogens (tertiary/aromatic N) is 6. The average molecular weight is 636 g/mol. The van der Waals surface area contributed by atoms with Gasteiger partial charge in [0.2, 0.25) is 5.91 Å². The molecule has 0 bridgehead atoms. The fourth-order valence-electron chi connectivity index (χ4n) is 6.74. The number of amides is 1. The van der Waals surface area contributed by atoms with Crippen LogP contribution in [0.3, 0.4) is 0 Å². The van der Waals surface area contributed by atoms with E-state index < -0.39 is 0 Å². The largest absolute Gasteiger partial charge is 0.457 e. The van der Waals surface area contributed by atoms with Gasteiger partial charge >= 0.3 is 0 Å². The zero-order chi connectivity index (χ0) is 32.9. The van der Waals surface area contributed by atoms with Crippen LogP contribution in [0.2, 0.25) is 0 Å². The Labute approximate surface area is 274 Å². The number of carbonyl (C=O) groups is 3. The molecule has 1 aliphatic heterocycles. The van der Waals surface area contributed by atoms with Crippen LogP contribution in [0.1, 0.15) is 57.1 Å². The predicted molar refractivity (Wildman–Crippen MR) is 180 cm³/mol. The molecule has 0 spiro atoms. The zero-order valence-electron chi connectivity index (χ0n) is 26.8. The van der Waals surface area contributed by atoms with Gasteiger partial charge in [-0.2, -0.15) is 5.10 Å². The zero-order valence-corrected chi connectivity index (χ0v) is 26.8. The number of hydrogen-bond acceptors (Lipinski definition) is 9. The van der Waals surface area contributed by atoms with Crippen molar-refractivity contribution in [1.82, 2.24) is 29.5 Å². The lowest BCUT2D eigenvalue weighted by atomic mass is 9.90. The summed E-state index contributed by atoms with van der Waals surface area (Å²) in [6.07, 6.45) is 7.45. The lowest BCUT2D eigenvalue weighted by Gasteiger charge is -2.42. The summed E-state index contributed by atoms with van der Waals surface area (Å²) in [6, 6.07) is 15.8. The molecule has 0 unspecified atom stereocenters. The molecule has 11 nitrogen and oxygen atoms in total. The van der Waals surface area contributed by atoms with Crippen molar-refractivity contribution in [1.29, 1.82) is 0 Å². The summed E-state index contributed by atoms with van der Waals surface area (Å²) in [5, 5.41) is 5.79. The Bertz CT molecular complexity index is 1770. The van der Waals surface area contributed by atoms with E-state index in [0.29, 0.717) is 66.0 Å². The van der Waals surface area contributed by atoms with Crippen LogP contribution < -0.4 is 10.5 Å². The topological polar surface area (TPSA) is 137 Å². The van der Waals surface area contributed by atoms with Gasteiger partial charge in [-0.05, 0) is 69.0 Å². The second-order valence-corrected chi connectivity index (χ2v) is 12.4. The highest BCUT2D eigenvalue weighted by Gasteiger charge is 2.32. The lowest BCUT2D eigenvalue weighted by Crippen LogP contribution is -2.52. The van der Waals surface area contributed by atoms with Gasteiger partial charge in [0, 0.05) is 62.6 Å². The minimum atomic E-state index is -0.115. The minimum absolute atomic E-state index is 0.0519. The van der Waals surface area contributed by atoms with E-state index in [1.54, 1.807) is 0 Å². The van der Waals surface area contributed by atoms with Crippen LogP contribution in [-0.4, -0.2) is 79.2 Å². The number of carbonyl (C=O) groups excluding carboxylic acids is 3. The van der Waals surface area contributed by atoms with E-state index in [9.17, 15) is 14.4 Å². The molecule has 47 heavy (non-hydrogen) atoms. The Morgan fingerprint density at radius 1 is 0.957 bits per heavy atom. The molecule has 6 rings (SSSR count). The maximum atomic E-state index is 12.5. The number of para-hydroxylation sites is 1. The van der Waals surface area contributed by atoms with Crippen LogP contribution in [0.15, 0.2) is 67.5 Å². The summed E-state index contributed by atoms with van der Waals surface area (Å²) >= 11 is 0. The molecule has 1 aliphatic carbocycles. The van der Waals surface area contributed by atoms with E-state index in [-0.39, 0.29) is 29.9 Å². The fraction of sp³-hybridized carbons (Fsp3) is 0.389. The van der Waals surface area contributed by atoms with Gasteiger partial charge in [0.15, 0.2) is 11.4 Å². The molecule has 2 fully saturated rings. The Morgan fingerprint density at radius 3 is 2.38 bits per heavy atom. The molecule has 2 aliphatic rings. The van der Waals surface area contributed by atoms with Gasteiger partial charge in [0.1, 0.15) is 35.1 Å². The average Bonchev–Trinajstić information content (AvgIpc) is 3.49.